The summed E-state index contributed by atoms with van der Waals surface area (Å²) >= 11 is 0. The van der Waals surface area contributed by atoms with E-state index >= 15 is 0 Å². The number of nitrogens with one attached hydrogen (secondary N) is 2. The molecule has 2 atom stereocenters. The van der Waals surface area contributed by atoms with E-state index in [2.05, 4.69) is 25.4 Å². The predicted octanol–water partition coefficient (Wildman–Crippen LogP) is 0.789. The number of aryl methyl sites for hydroxylation is 1. The topological polar surface area (TPSA) is 94.1 Å². The van der Waals surface area contributed by atoms with Crippen LogP contribution >= 0.6 is 0 Å². The molecule has 1 saturated heterocycles. The van der Waals surface area contributed by atoms with Crippen molar-refractivity contribution in [3.8, 4) is 0 Å². The normalized spacial score (nSPS) is 20.4. The van der Waals surface area contributed by atoms with E-state index in [0.717, 1.165) is 35.7 Å². The number of hydrogen-bond acceptors (Lipinski definition) is 5. The average Bonchev–Trinajstić information content (AvgIpc) is 3.12. The summed E-state index contributed by atoms with van der Waals surface area (Å²) in [5.41, 5.74) is 2.97. The van der Waals surface area contributed by atoms with Gasteiger partial charge in [0.25, 0.3) is 0 Å². The molecule has 24 heavy (non-hydrogen) atoms. The maximum absolute atomic E-state index is 10.9. The number of β-amino-alcohol motifs (C(OH)–C–C–N with tert-alkyl or cyclic N) is 1. The van der Waals surface area contributed by atoms with Gasteiger partial charge < -0.3 is 15.3 Å². The summed E-state index contributed by atoms with van der Waals surface area (Å²) in [6.07, 6.45) is 2.13. The number of hydrogen-bond donors (Lipinski definition) is 3. The molecule has 0 saturated carbocycles. The summed E-state index contributed by atoms with van der Waals surface area (Å²) in [6, 6.07) is 5.91. The quantitative estimate of drug-likeness (QED) is 0.754. The minimum absolute atomic E-state index is 0.0572. The fourth-order valence-electron chi connectivity index (χ4n) is 3.02. The van der Waals surface area contributed by atoms with Crippen molar-refractivity contribution in [3.63, 3.8) is 0 Å². The van der Waals surface area contributed by atoms with Gasteiger partial charge in [0.15, 0.2) is 0 Å². The van der Waals surface area contributed by atoms with Gasteiger partial charge in [-0.15, -0.1) is 0 Å². The molecule has 2 aromatic rings. The zero-order valence-corrected chi connectivity index (χ0v) is 14.0. The van der Waals surface area contributed by atoms with Crippen LogP contribution in [0.4, 0.5) is 5.82 Å². The Kier molecular flexibility index (Phi) is 4.80. The second-order valence-corrected chi connectivity index (χ2v) is 6.41. The number of aliphatic hydroxyl groups excluding tert-OH is 1. The maximum Gasteiger partial charge on any atom is 0.217 e. The lowest BCUT2D eigenvalue weighted by Crippen LogP contribution is -2.22. The third kappa shape index (κ3) is 3.91. The molecule has 3 rings (SSSR count). The van der Waals surface area contributed by atoms with E-state index in [9.17, 15) is 9.90 Å². The third-order valence-corrected chi connectivity index (χ3v) is 4.31. The van der Waals surface area contributed by atoms with Crippen LogP contribution in [0.3, 0.4) is 0 Å². The van der Waals surface area contributed by atoms with Crippen molar-refractivity contribution >= 4 is 11.7 Å². The minimum Gasteiger partial charge on any atom is -0.391 e. The number of carbonyl (C=O) groups excluding carboxylic acids is 1. The first kappa shape index (κ1) is 16.4. The Bertz CT molecular complexity index is 697. The fourth-order valence-corrected chi connectivity index (χ4v) is 3.02. The smallest absolute Gasteiger partial charge is 0.217 e. The van der Waals surface area contributed by atoms with Crippen LogP contribution in [0.15, 0.2) is 24.4 Å². The van der Waals surface area contributed by atoms with Crippen molar-refractivity contribution in [2.24, 2.45) is 5.92 Å². The highest BCUT2D eigenvalue weighted by atomic mass is 16.3. The van der Waals surface area contributed by atoms with E-state index in [1.54, 1.807) is 6.20 Å². The molecule has 0 bridgehead atoms. The molecule has 7 nitrogen and oxygen atoms in total. The molecular weight excluding hydrogens is 306 g/mol. The first-order valence-electron chi connectivity index (χ1n) is 8.14. The molecular formula is C17H23N5O2. The standard InChI is InChI=1S/C17H23N5O2/c1-11-5-15(21-20-11)6-14-9-22(10-16(14)24)17-4-3-13(8-19-17)7-18-12(2)23/h3-5,8,14,16,24H,6-7,9-10H2,1-2H3,(H,18,23)(H,20,21)/t14-,16+/m1/s1. The Hall–Kier alpha value is -2.41. The lowest BCUT2D eigenvalue weighted by atomic mass is 10.0. The number of aromatic amines is 1. The second kappa shape index (κ2) is 7.00. The van der Waals surface area contributed by atoms with E-state index in [1.807, 2.05) is 25.1 Å². The first-order chi connectivity index (χ1) is 11.5. The Morgan fingerprint density at radius 2 is 2.29 bits per heavy atom. The predicted molar refractivity (Wildman–Crippen MR) is 90.5 cm³/mol. The zero-order chi connectivity index (χ0) is 17.1. The van der Waals surface area contributed by atoms with Gasteiger partial charge in [-0.2, -0.15) is 5.10 Å². The number of carbonyl (C=O) groups is 1. The number of pyridine rings is 1. The Morgan fingerprint density at radius 1 is 1.46 bits per heavy atom. The summed E-state index contributed by atoms with van der Waals surface area (Å²) in [4.78, 5) is 17.5. The molecule has 2 aromatic heterocycles. The molecule has 0 unspecified atom stereocenters. The zero-order valence-electron chi connectivity index (χ0n) is 14.0. The molecule has 3 N–H and O–H groups in total. The minimum atomic E-state index is -0.386. The molecule has 0 spiro atoms. The molecule has 1 aliphatic rings. The van der Waals surface area contributed by atoms with Crippen molar-refractivity contribution in [2.45, 2.75) is 32.9 Å². The van der Waals surface area contributed by atoms with Crippen LogP contribution in [0.25, 0.3) is 0 Å². The third-order valence-electron chi connectivity index (χ3n) is 4.31. The van der Waals surface area contributed by atoms with Crippen LogP contribution in [0.1, 0.15) is 23.9 Å². The Morgan fingerprint density at radius 3 is 2.92 bits per heavy atom. The largest absolute Gasteiger partial charge is 0.391 e. The number of aromatic nitrogens is 3. The van der Waals surface area contributed by atoms with Crippen molar-refractivity contribution < 1.29 is 9.90 Å². The van der Waals surface area contributed by atoms with Gasteiger partial charge in [0, 0.05) is 44.4 Å². The van der Waals surface area contributed by atoms with Gasteiger partial charge in [-0.25, -0.2) is 4.98 Å². The Labute approximate surface area is 141 Å². The van der Waals surface area contributed by atoms with Crippen LogP contribution in [0, 0.1) is 12.8 Å². The van der Waals surface area contributed by atoms with Crippen molar-refractivity contribution in [2.75, 3.05) is 18.0 Å². The van der Waals surface area contributed by atoms with Gasteiger partial charge in [0.1, 0.15) is 5.82 Å². The highest BCUT2D eigenvalue weighted by molar-refractivity contribution is 5.72. The highest BCUT2D eigenvalue weighted by Gasteiger charge is 2.32. The summed E-state index contributed by atoms with van der Waals surface area (Å²) < 4.78 is 0. The van der Waals surface area contributed by atoms with Gasteiger partial charge in [-0.1, -0.05) is 6.07 Å². The van der Waals surface area contributed by atoms with Crippen LogP contribution in [0.2, 0.25) is 0 Å². The first-order valence-corrected chi connectivity index (χ1v) is 8.14. The van der Waals surface area contributed by atoms with Crippen LogP contribution in [0.5, 0.6) is 0 Å². The number of anilines is 1. The van der Waals surface area contributed by atoms with E-state index in [1.165, 1.54) is 6.92 Å². The van der Waals surface area contributed by atoms with Gasteiger partial charge in [0.2, 0.25) is 5.91 Å². The van der Waals surface area contributed by atoms with Crippen LogP contribution in [-0.4, -0.2) is 45.4 Å². The number of H-pyrrole nitrogens is 1. The van der Waals surface area contributed by atoms with Crippen LogP contribution < -0.4 is 10.2 Å². The van der Waals surface area contributed by atoms with Gasteiger partial charge in [-0.3, -0.25) is 9.89 Å². The Balaban J connectivity index is 1.60. The van der Waals surface area contributed by atoms with Crippen molar-refractivity contribution in [1.29, 1.82) is 0 Å². The molecule has 1 aliphatic heterocycles. The molecule has 7 heteroatoms. The average molecular weight is 329 g/mol. The molecule has 0 radical (unpaired) electrons. The molecule has 3 heterocycles. The molecule has 128 valence electrons. The van der Waals surface area contributed by atoms with E-state index in [4.69, 9.17) is 0 Å². The van der Waals surface area contributed by atoms with E-state index < -0.39 is 0 Å². The van der Waals surface area contributed by atoms with Gasteiger partial charge in [-0.05, 0) is 31.0 Å². The van der Waals surface area contributed by atoms with Crippen LogP contribution in [-0.2, 0) is 17.8 Å². The van der Waals surface area contributed by atoms with E-state index in [-0.39, 0.29) is 17.9 Å². The summed E-state index contributed by atoms with van der Waals surface area (Å²) in [5.74, 6) is 0.938. The maximum atomic E-state index is 10.9. The fraction of sp³-hybridized carbons (Fsp3) is 0.471. The molecule has 1 fully saturated rings. The summed E-state index contributed by atoms with van der Waals surface area (Å²) in [6.45, 7) is 5.28. The van der Waals surface area contributed by atoms with Crippen molar-refractivity contribution in [3.05, 3.63) is 41.3 Å². The summed E-state index contributed by atoms with van der Waals surface area (Å²) in [5, 5.41) is 20.3. The lowest BCUT2D eigenvalue weighted by Gasteiger charge is -2.17. The number of aliphatic hydroxyl groups is 1. The SMILES string of the molecule is CC(=O)NCc1ccc(N2C[C@@H](Cc3cc(C)[nH]n3)[C@@H](O)C2)nc1. The molecule has 1 amide bonds. The van der Waals surface area contributed by atoms with Gasteiger partial charge >= 0.3 is 0 Å². The molecule has 0 aliphatic carbocycles. The monoisotopic (exact) mass is 329 g/mol. The number of nitrogens with zero attached hydrogens (tertiary/aromatic N) is 3. The van der Waals surface area contributed by atoms with Crippen molar-refractivity contribution in [1.82, 2.24) is 20.5 Å². The summed E-state index contributed by atoms with van der Waals surface area (Å²) in [7, 11) is 0. The van der Waals surface area contributed by atoms with Gasteiger partial charge in [0.05, 0.1) is 11.8 Å². The lowest BCUT2D eigenvalue weighted by molar-refractivity contribution is -0.119. The highest BCUT2D eigenvalue weighted by Crippen LogP contribution is 2.25. The molecule has 0 aromatic carbocycles. The second-order valence-electron chi connectivity index (χ2n) is 6.41. The van der Waals surface area contributed by atoms with E-state index in [0.29, 0.717) is 13.1 Å². The number of rotatable bonds is 5. The number of amides is 1.